The van der Waals surface area contributed by atoms with Gasteiger partial charge in [-0.1, -0.05) is 5.16 Å². The zero-order valence-corrected chi connectivity index (χ0v) is 15.1. The predicted molar refractivity (Wildman–Crippen MR) is 94.3 cm³/mol. The average molecular weight is 358 g/mol. The molecule has 0 bridgehead atoms. The van der Waals surface area contributed by atoms with E-state index >= 15 is 0 Å². The zero-order valence-electron chi connectivity index (χ0n) is 15.1. The van der Waals surface area contributed by atoms with Crippen molar-refractivity contribution in [3.63, 3.8) is 0 Å². The molecule has 0 saturated carbocycles. The van der Waals surface area contributed by atoms with Gasteiger partial charge in [-0.2, -0.15) is 0 Å². The molecule has 1 atom stereocenters. The van der Waals surface area contributed by atoms with Crippen molar-refractivity contribution in [3.05, 3.63) is 52.7 Å². The monoisotopic (exact) mass is 358 g/mol. The lowest BCUT2D eigenvalue weighted by atomic mass is 9.89. The maximum Gasteiger partial charge on any atom is 0.222 e. The molecule has 1 saturated heterocycles. The van der Waals surface area contributed by atoms with Crippen molar-refractivity contribution >= 4 is 11.7 Å². The summed E-state index contributed by atoms with van der Waals surface area (Å²) in [5.74, 6) is 0.187. The largest absolute Gasteiger partial charge is 0.361 e. The number of ketones is 1. The summed E-state index contributed by atoms with van der Waals surface area (Å²) in [4.78, 5) is 27.0. The van der Waals surface area contributed by atoms with Gasteiger partial charge >= 0.3 is 0 Å². The minimum Gasteiger partial charge on any atom is -0.361 e. The van der Waals surface area contributed by atoms with Crippen LogP contribution in [0.5, 0.6) is 0 Å². The van der Waals surface area contributed by atoms with Gasteiger partial charge in [-0.3, -0.25) is 9.59 Å². The highest BCUT2D eigenvalue weighted by Crippen LogP contribution is 2.23. The molecule has 2 heterocycles. The first kappa shape index (κ1) is 18.3. The van der Waals surface area contributed by atoms with Crippen molar-refractivity contribution < 1.29 is 18.5 Å². The van der Waals surface area contributed by atoms with E-state index in [4.69, 9.17) is 4.52 Å². The SMILES string of the molecule is Cc1noc(C)c1CCC(=O)N1CCC[C@H](C(=O)c2ccc(F)cc2)C1. The Morgan fingerprint density at radius 1 is 1.27 bits per heavy atom. The number of hydrogen-bond donors (Lipinski definition) is 0. The molecule has 2 aromatic rings. The molecular formula is C20H23FN2O3. The van der Waals surface area contributed by atoms with E-state index < -0.39 is 0 Å². The molecule has 26 heavy (non-hydrogen) atoms. The standard InChI is InChI=1S/C20H23FN2O3/c1-13-18(14(2)26-22-13)9-10-19(24)23-11-3-4-16(12-23)20(25)15-5-7-17(21)8-6-15/h5-8,16H,3-4,9-12H2,1-2H3/t16-/m0/s1. The first-order valence-electron chi connectivity index (χ1n) is 8.95. The Hall–Kier alpha value is -2.50. The summed E-state index contributed by atoms with van der Waals surface area (Å²) in [5.41, 5.74) is 2.30. The highest BCUT2D eigenvalue weighted by Gasteiger charge is 2.29. The molecular weight excluding hydrogens is 335 g/mol. The number of benzene rings is 1. The molecule has 1 aromatic carbocycles. The average Bonchev–Trinajstić information content (AvgIpc) is 2.97. The van der Waals surface area contributed by atoms with Crippen molar-refractivity contribution in [3.8, 4) is 0 Å². The smallest absolute Gasteiger partial charge is 0.222 e. The molecule has 1 aromatic heterocycles. The van der Waals surface area contributed by atoms with Crippen LogP contribution >= 0.6 is 0 Å². The van der Waals surface area contributed by atoms with Crippen molar-refractivity contribution in [2.75, 3.05) is 13.1 Å². The number of nitrogens with zero attached hydrogens (tertiary/aromatic N) is 2. The minimum absolute atomic E-state index is 0.0202. The summed E-state index contributed by atoms with van der Waals surface area (Å²) in [7, 11) is 0. The van der Waals surface area contributed by atoms with Crippen molar-refractivity contribution in [1.29, 1.82) is 0 Å². The number of piperidine rings is 1. The zero-order chi connectivity index (χ0) is 18.7. The highest BCUT2D eigenvalue weighted by molar-refractivity contribution is 5.98. The Kier molecular flexibility index (Phi) is 5.49. The third kappa shape index (κ3) is 4.00. The van der Waals surface area contributed by atoms with E-state index in [2.05, 4.69) is 5.16 Å². The Balaban J connectivity index is 1.59. The maximum absolute atomic E-state index is 13.0. The van der Waals surface area contributed by atoms with Crippen LogP contribution in [0.2, 0.25) is 0 Å². The summed E-state index contributed by atoms with van der Waals surface area (Å²) in [6.45, 7) is 4.82. The number of amides is 1. The topological polar surface area (TPSA) is 63.4 Å². The molecule has 3 rings (SSSR count). The second-order valence-corrected chi connectivity index (χ2v) is 6.85. The number of aryl methyl sites for hydroxylation is 2. The molecule has 0 unspecified atom stereocenters. The van der Waals surface area contributed by atoms with E-state index in [9.17, 15) is 14.0 Å². The van der Waals surface area contributed by atoms with E-state index in [0.717, 1.165) is 29.9 Å². The molecule has 0 radical (unpaired) electrons. The molecule has 0 aliphatic carbocycles. The van der Waals surface area contributed by atoms with Gasteiger partial charge in [0.05, 0.1) is 5.69 Å². The lowest BCUT2D eigenvalue weighted by Crippen LogP contribution is -2.42. The number of likely N-dealkylation sites (tertiary alicyclic amines) is 1. The van der Waals surface area contributed by atoms with Gasteiger partial charge in [-0.25, -0.2) is 4.39 Å². The number of halogens is 1. The number of Topliss-reactive ketones (excluding diaryl/α,β-unsaturated/α-hetero) is 1. The third-order valence-electron chi connectivity index (χ3n) is 5.04. The molecule has 1 aliphatic rings. The van der Waals surface area contributed by atoms with Gasteiger partial charge in [-0.05, 0) is 57.4 Å². The quantitative estimate of drug-likeness (QED) is 0.768. The fraction of sp³-hybridized carbons (Fsp3) is 0.450. The first-order chi connectivity index (χ1) is 12.5. The minimum atomic E-state index is -0.360. The molecule has 1 fully saturated rings. The summed E-state index contributed by atoms with van der Waals surface area (Å²) in [6.07, 6.45) is 2.52. The Labute approximate surface area is 152 Å². The highest BCUT2D eigenvalue weighted by atomic mass is 19.1. The third-order valence-corrected chi connectivity index (χ3v) is 5.04. The van der Waals surface area contributed by atoms with Crippen LogP contribution in [0, 0.1) is 25.6 Å². The van der Waals surface area contributed by atoms with Gasteiger partial charge in [0.1, 0.15) is 11.6 Å². The Bertz CT molecular complexity index is 778. The van der Waals surface area contributed by atoms with E-state index in [1.54, 1.807) is 4.90 Å². The number of rotatable bonds is 5. The first-order valence-corrected chi connectivity index (χ1v) is 8.95. The normalized spacial score (nSPS) is 17.3. The van der Waals surface area contributed by atoms with E-state index in [0.29, 0.717) is 31.5 Å². The molecule has 1 amide bonds. The number of hydrogen-bond acceptors (Lipinski definition) is 4. The second-order valence-electron chi connectivity index (χ2n) is 6.85. The number of aromatic nitrogens is 1. The fourth-order valence-corrected chi connectivity index (χ4v) is 3.52. The predicted octanol–water partition coefficient (Wildman–Crippen LogP) is 3.48. The summed E-state index contributed by atoms with van der Waals surface area (Å²) >= 11 is 0. The van der Waals surface area contributed by atoms with Gasteiger partial charge in [0, 0.05) is 36.6 Å². The molecule has 0 N–H and O–H groups in total. The second kappa shape index (κ2) is 7.81. The van der Waals surface area contributed by atoms with Crippen molar-refractivity contribution in [2.24, 2.45) is 5.92 Å². The number of carbonyl (C=O) groups is 2. The summed E-state index contributed by atoms with van der Waals surface area (Å²) in [5, 5.41) is 3.91. The molecule has 6 heteroatoms. The summed E-state index contributed by atoms with van der Waals surface area (Å²) in [6, 6.07) is 5.61. The Morgan fingerprint density at radius 2 is 2.00 bits per heavy atom. The van der Waals surface area contributed by atoms with Gasteiger partial charge in [0.25, 0.3) is 0 Å². The number of carbonyl (C=O) groups excluding carboxylic acids is 2. The van der Waals surface area contributed by atoms with Crippen LogP contribution in [0.15, 0.2) is 28.8 Å². The summed E-state index contributed by atoms with van der Waals surface area (Å²) < 4.78 is 18.2. The van der Waals surface area contributed by atoms with Crippen LogP contribution in [0.4, 0.5) is 4.39 Å². The Morgan fingerprint density at radius 3 is 2.65 bits per heavy atom. The van der Waals surface area contributed by atoms with Gasteiger partial charge in [0.15, 0.2) is 5.78 Å². The molecule has 5 nitrogen and oxygen atoms in total. The van der Waals surface area contributed by atoms with E-state index in [1.807, 2.05) is 13.8 Å². The van der Waals surface area contributed by atoms with Crippen LogP contribution in [-0.2, 0) is 11.2 Å². The van der Waals surface area contributed by atoms with Crippen LogP contribution < -0.4 is 0 Å². The van der Waals surface area contributed by atoms with E-state index in [1.165, 1.54) is 24.3 Å². The van der Waals surface area contributed by atoms with Crippen molar-refractivity contribution in [2.45, 2.75) is 39.5 Å². The molecule has 138 valence electrons. The van der Waals surface area contributed by atoms with Crippen LogP contribution in [0.25, 0.3) is 0 Å². The van der Waals surface area contributed by atoms with Crippen LogP contribution in [-0.4, -0.2) is 34.8 Å². The molecule has 0 spiro atoms. The van der Waals surface area contributed by atoms with Gasteiger partial charge < -0.3 is 9.42 Å². The van der Waals surface area contributed by atoms with Crippen molar-refractivity contribution in [1.82, 2.24) is 10.1 Å². The lowest BCUT2D eigenvalue weighted by molar-refractivity contribution is -0.132. The molecule has 1 aliphatic heterocycles. The van der Waals surface area contributed by atoms with Crippen LogP contribution in [0.1, 0.15) is 46.6 Å². The van der Waals surface area contributed by atoms with Gasteiger partial charge in [0.2, 0.25) is 5.91 Å². The lowest BCUT2D eigenvalue weighted by Gasteiger charge is -2.32. The van der Waals surface area contributed by atoms with E-state index in [-0.39, 0.29) is 23.4 Å². The van der Waals surface area contributed by atoms with Gasteiger partial charge in [-0.15, -0.1) is 0 Å². The maximum atomic E-state index is 13.0. The van der Waals surface area contributed by atoms with Crippen LogP contribution in [0.3, 0.4) is 0 Å². The fourth-order valence-electron chi connectivity index (χ4n) is 3.52.